The highest BCUT2D eigenvalue weighted by Crippen LogP contribution is 2.73. The molecule has 0 spiro atoms. The minimum absolute atomic E-state index is 0.00277. The Labute approximate surface area is 387 Å². The van der Waals surface area contributed by atoms with Crippen LogP contribution >= 0.6 is 34.8 Å². The molecule has 0 radical (unpaired) electrons. The van der Waals surface area contributed by atoms with Crippen molar-refractivity contribution in [3.05, 3.63) is 86.4 Å². The first-order valence-electron chi connectivity index (χ1n) is 24.3. The molecule has 4 aromatic carbocycles. The van der Waals surface area contributed by atoms with E-state index in [4.69, 9.17) is 66.2 Å². The van der Waals surface area contributed by atoms with Crippen molar-refractivity contribution in [3.8, 4) is 34.5 Å². The predicted octanol–water partition coefficient (Wildman–Crippen LogP) is 15.2. The number of halogens is 3. The minimum Gasteiger partial charge on any atom is -0.451 e. The summed E-state index contributed by atoms with van der Waals surface area (Å²) < 4.78 is 22.8. The fourth-order valence-corrected chi connectivity index (χ4v) is 18.5. The summed E-state index contributed by atoms with van der Waals surface area (Å²) in [6, 6.07) is 16.7. The van der Waals surface area contributed by atoms with E-state index >= 15 is 0 Å². The molecule has 12 fully saturated rings. The highest BCUT2D eigenvalue weighted by molar-refractivity contribution is 6.31. The third kappa shape index (κ3) is 6.44. The van der Waals surface area contributed by atoms with Gasteiger partial charge in [-0.25, -0.2) is 0 Å². The number of hydrogen-bond donors (Lipinski definition) is 3. The Bertz CT molecular complexity index is 2320. The first kappa shape index (κ1) is 39.9. The van der Waals surface area contributed by atoms with Gasteiger partial charge in [-0.15, -0.1) is 0 Å². The second-order valence-corrected chi connectivity index (χ2v) is 24.4. The number of hydrogen-bond acceptors (Lipinski definition) is 6. The molecule has 4 aromatic rings. The number of anilines is 3. The molecular weight excluding hydrogens is 845 g/mol. The molecule has 12 saturated carbocycles. The van der Waals surface area contributed by atoms with Crippen LogP contribution in [0.15, 0.2) is 54.6 Å². The molecule has 0 aromatic heterocycles. The molecule has 0 heterocycles. The van der Waals surface area contributed by atoms with Crippen LogP contribution in [0.2, 0.25) is 15.1 Å². The molecule has 12 aliphatic rings. The summed E-state index contributed by atoms with van der Waals surface area (Å²) >= 11 is 19.8. The van der Waals surface area contributed by atoms with Crippen LogP contribution in [0.5, 0.6) is 34.5 Å². The molecule has 0 aliphatic heterocycles. The number of benzene rings is 4. The molecule has 6 N–H and O–H groups in total. The quantitative estimate of drug-likeness (QED) is 0.145. The van der Waals surface area contributed by atoms with Gasteiger partial charge in [0.25, 0.3) is 0 Å². The second kappa shape index (κ2) is 14.3. The van der Waals surface area contributed by atoms with Gasteiger partial charge >= 0.3 is 0 Å². The van der Waals surface area contributed by atoms with E-state index in [0.717, 1.165) is 29.3 Å². The Morgan fingerprint density at radius 1 is 0.349 bits per heavy atom. The van der Waals surface area contributed by atoms with E-state index in [9.17, 15) is 0 Å². The normalized spacial score (nSPS) is 37.5. The predicted molar refractivity (Wildman–Crippen MR) is 254 cm³/mol. The summed E-state index contributed by atoms with van der Waals surface area (Å²) in [5.41, 5.74) is 26.5. The highest BCUT2D eigenvalue weighted by atomic mass is 35.5. The fourth-order valence-electron chi connectivity index (χ4n) is 17.9. The van der Waals surface area contributed by atoms with Gasteiger partial charge in [0.15, 0.2) is 28.7 Å². The maximum Gasteiger partial charge on any atom is 0.213 e. The van der Waals surface area contributed by atoms with Gasteiger partial charge in [-0.05, 0) is 234 Å². The van der Waals surface area contributed by atoms with Crippen LogP contribution in [0.1, 0.15) is 132 Å². The van der Waals surface area contributed by atoms with E-state index < -0.39 is 0 Å². The second-order valence-electron chi connectivity index (χ2n) is 23.1. The van der Waals surface area contributed by atoms with Crippen molar-refractivity contribution in [1.82, 2.24) is 0 Å². The molecule has 330 valence electrons. The van der Waals surface area contributed by atoms with E-state index in [1.165, 1.54) is 127 Å². The van der Waals surface area contributed by atoms with E-state index in [1.807, 2.05) is 36.4 Å². The Morgan fingerprint density at radius 2 is 0.587 bits per heavy atom. The van der Waals surface area contributed by atoms with Gasteiger partial charge in [0.05, 0.1) is 17.1 Å². The lowest BCUT2D eigenvalue weighted by Gasteiger charge is -2.63. The topological polar surface area (TPSA) is 106 Å². The van der Waals surface area contributed by atoms with Crippen LogP contribution in [0.25, 0.3) is 0 Å². The van der Waals surface area contributed by atoms with E-state index in [0.29, 0.717) is 90.6 Å². The van der Waals surface area contributed by atoms with Gasteiger partial charge in [-0.3, -0.25) is 0 Å². The first-order valence-corrected chi connectivity index (χ1v) is 25.5. The van der Waals surface area contributed by atoms with Crippen LogP contribution in [-0.4, -0.2) is 0 Å². The van der Waals surface area contributed by atoms with Gasteiger partial charge in [0, 0.05) is 37.0 Å². The summed E-state index contributed by atoms with van der Waals surface area (Å²) in [5, 5.41) is 1.69. The number of ether oxygens (including phenoxy) is 3. The third-order valence-electron chi connectivity index (χ3n) is 18.6. The van der Waals surface area contributed by atoms with Gasteiger partial charge in [0.2, 0.25) is 5.75 Å². The SMILES string of the molecule is Nc1cc(Cl)ccc1Oc1c(Oc2ccc(Cl)cc2N)c(C23CC4CC(CC(C4)C2)C3)c(C23CC4CC(CC(C4)C2)C3)c(C23CC4CC(CC(C4)C2)C3)c1Oc1ccc(Cl)cc1N. The van der Waals surface area contributed by atoms with Crippen molar-refractivity contribution in [3.63, 3.8) is 0 Å². The summed E-state index contributed by atoms with van der Waals surface area (Å²) in [7, 11) is 0. The zero-order valence-electron chi connectivity index (χ0n) is 36.2. The lowest BCUT2D eigenvalue weighted by molar-refractivity contribution is -0.0255. The summed E-state index contributed by atoms with van der Waals surface area (Å²) in [6.07, 6.45) is 22.9. The van der Waals surface area contributed by atoms with Gasteiger partial charge in [0.1, 0.15) is 0 Å². The lowest BCUT2D eigenvalue weighted by atomic mass is 9.41. The van der Waals surface area contributed by atoms with E-state index in [2.05, 4.69) is 0 Å². The summed E-state index contributed by atoms with van der Waals surface area (Å²) in [6.45, 7) is 0. The molecule has 0 atom stereocenters. The Balaban J connectivity index is 1.19. The smallest absolute Gasteiger partial charge is 0.213 e. The average molecular weight is 905 g/mol. The summed E-state index contributed by atoms with van der Waals surface area (Å²) in [5.74, 6) is 10.1. The van der Waals surface area contributed by atoms with Crippen LogP contribution < -0.4 is 31.4 Å². The van der Waals surface area contributed by atoms with Crippen LogP contribution in [0.4, 0.5) is 17.1 Å². The molecule has 16 rings (SSSR count). The van der Waals surface area contributed by atoms with Crippen molar-refractivity contribution in [2.45, 2.75) is 132 Å². The fraction of sp³-hybridized carbons (Fsp3) is 0.556. The Morgan fingerprint density at radius 3 is 0.841 bits per heavy atom. The zero-order chi connectivity index (χ0) is 42.6. The zero-order valence-corrected chi connectivity index (χ0v) is 38.5. The molecule has 12 bridgehead atoms. The van der Waals surface area contributed by atoms with E-state index in [-0.39, 0.29) is 16.2 Å². The number of nitrogens with two attached hydrogens (primary N) is 3. The molecule has 6 nitrogen and oxygen atoms in total. The molecule has 0 amide bonds. The van der Waals surface area contributed by atoms with E-state index in [1.54, 1.807) is 23.8 Å². The third-order valence-corrected chi connectivity index (χ3v) is 19.3. The lowest BCUT2D eigenvalue weighted by Crippen LogP contribution is -2.55. The number of nitrogen functional groups attached to an aromatic ring is 3. The number of rotatable bonds is 9. The molecule has 12 aliphatic carbocycles. The van der Waals surface area contributed by atoms with Crippen molar-refractivity contribution in [2.75, 3.05) is 17.2 Å². The van der Waals surface area contributed by atoms with Crippen molar-refractivity contribution < 1.29 is 14.2 Å². The summed E-state index contributed by atoms with van der Waals surface area (Å²) in [4.78, 5) is 0. The maximum absolute atomic E-state index is 7.65. The molecule has 9 heteroatoms. The van der Waals surface area contributed by atoms with Crippen LogP contribution in [-0.2, 0) is 16.2 Å². The molecule has 0 saturated heterocycles. The monoisotopic (exact) mass is 903 g/mol. The Hall–Kier alpha value is -3.45. The van der Waals surface area contributed by atoms with Gasteiger partial charge in [-0.1, -0.05) is 34.8 Å². The van der Waals surface area contributed by atoms with Crippen LogP contribution in [0, 0.1) is 53.3 Å². The van der Waals surface area contributed by atoms with Gasteiger partial charge in [-0.2, -0.15) is 0 Å². The van der Waals surface area contributed by atoms with Crippen LogP contribution in [0.3, 0.4) is 0 Å². The average Bonchev–Trinajstić information content (AvgIpc) is 3.20. The minimum atomic E-state index is -0.0809. The molecule has 0 unspecified atom stereocenters. The standard InChI is InChI=1S/C54H60Cl3N3O3/c55-37-1-4-43(40(58)16-37)61-49-47(53-22-31-10-32(23-53)12-33(11-31)24-53)46(52-19-28-7-29(20-52)9-30(8-28)21-52)48(54-25-34-13-35(26-54)15-36(14-34)27-54)50(62-44-5-2-38(56)17-41(44)59)51(49)63-45-6-3-39(57)18-42(45)60/h1-6,16-18,28-36H,7-15,19-27,58-60H2. The highest BCUT2D eigenvalue weighted by Gasteiger charge is 2.62. The largest absolute Gasteiger partial charge is 0.451 e. The van der Waals surface area contributed by atoms with Gasteiger partial charge < -0.3 is 31.4 Å². The molecule has 63 heavy (non-hydrogen) atoms. The molecular formula is C54H60Cl3N3O3. The maximum atomic E-state index is 7.65. The first-order chi connectivity index (χ1) is 30.4. The van der Waals surface area contributed by atoms with Crippen molar-refractivity contribution >= 4 is 51.9 Å². The van der Waals surface area contributed by atoms with Crippen molar-refractivity contribution in [2.24, 2.45) is 53.3 Å². The Kier molecular flexibility index (Phi) is 9.04. The van der Waals surface area contributed by atoms with Crippen molar-refractivity contribution in [1.29, 1.82) is 0 Å².